The molecule has 2 aromatic heterocycles. The molecule has 0 bridgehead atoms. The Morgan fingerprint density at radius 1 is 1.24 bits per heavy atom. The van der Waals surface area contributed by atoms with Crippen LogP contribution >= 0.6 is 11.6 Å². The lowest BCUT2D eigenvalue weighted by Crippen LogP contribution is -2.43. The van der Waals surface area contributed by atoms with Gasteiger partial charge in [-0.2, -0.15) is 4.98 Å². The van der Waals surface area contributed by atoms with Crippen molar-refractivity contribution < 1.29 is 18.6 Å². The van der Waals surface area contributed by atoms with Crippen LogP contribution in [-0.4, -0.2) is 56.4 Å². The maximum atomic E-state index is 15.6. The molecule has 1 aromatic carbocycles. The minimum absolute atomic E-state index is 0.000146. The van der Waals surface area contributed by atoms with E-state index in [-0.39, 0.29) is 40.7 Å². The van der Waals surface area contributed by atoms with Crippen molar-refractivity contribution in [1.82, 2.24) is 19.9 Å². The van der Waals surface area contributed by atoms with Crippen LogP contribution in [0.4, 0.5) is 8.78 Å². The Balaban J connectivity index is 1.33. The molecule has 0 radical (unpaired) electrons. The molecule has 0 unspecified atom stereocenters. The lowest BCUT2D eigenvalue weighted by molar-refractivity contribution is 0.107. The zero-order chi connectivity index (χ0) is 22.7. The first-order valence-corrected chi connectivity index (χ1v) is 11.7. The van der Waals surface area contributed by atoms with Gasteiger partial charge in [0.25, 0.3) is 0 Å². The minimum atomic E-state index is -0.856. The fourth-order valence-electron chi connectivity index (χ4n) is 5.33. The molecule has 33 heavy (non-hydrogen) atoms. The number of aromatic nitrogens is 3. The monoisotopic (exact) mass is 472 g/mol. The summed E-state index contributed by atoms with van der Waals surface area (Å²) in [4.78, 5) is 14.9. The number of alkyl halides is 1. The molecule has 1 N–H and O–H groups in total. The highest BCUT2D eigenvalue weighted by molar-refractivity contribution is 6.31. The zero-order valence-corrected chi connectivity index (χ0v) is 18.7. The summed E-state index contributed by atoms with van der Waals surface area (Å²) in [5, 5.41) is 11.3. The highest BCUT2D eigenvalue weighted by atomic mass is 35.5. The van der Waals surface area contributed by atoms with E-state index in [1.165, 1.54) is 18.5 Å². The van der Waals surface area contributed by atoms with Crippen molar-refractivity contribution in [2.45, 2.75) is 49.7 Å². The van der Waals surface area contributed by atoms with Gasteiger partial charge in [0, 0.05) is 41.3 Å². The zero-order valence-electron chi connectivity index (χ0n) is 17.9. The van der Waals surface area contributed by atoms with Gasteiger partial charge >= 0.3 is 6.01 Å². The molecular weight excluding hydrogens is 450 g/mol. The molecule has 9 heteroatoms. The summed E-state index contributed by atoms with van der Waals surface area (Å²) in [5.41, 5.74) is 0.888. The molecule has 6 rings (SSSR count). The van der Waals surface area contributed by atoms with Crippen LogP contribution in [0.15, 0.2) is 24.5 Å². The first kappa shape index (κ1) is 21.0. The van der Waals surface area contributed by atoms with Crippen molar-refractivity contribution in [2.75, 3.05) is 19.7 Å². The predicted molar refractivity (Wildman–Crippen MR) is 120 cm³/mol. The molecule has 2 saturated heterocycles. The summed E-state index contributed by atoms with van der Waals surface area (Å²) >= 11 is 6.28. The Labute approximate surface area is 194 Å². The molecular formula is C24H23ClF2N4O2. The van der Waals surface area contributed by atoms with Crippen molar-refractivity contribution in [3.63, 3.8) is 0 Å². The highest BCUT2D eigenvalue weighted by Gasteiger charge is 2.49. The molecule has 2 aliphatic heterocycles. The van der Waals surface area contributed by atoms with Crippen molar-refractivity contribution in [3.8, 4) is 23.0 Å². The van der Waals surface area contributed by atoms with Crippen LogP contribution in [0, 0.1) is 5.82 Å². The number of hydrogen-bond donors (Lipinski definition) is 1. The van der Waals surface area contributed by atoms with Crippen LogP contribution in [0.5, 0.6) is 11.8 Å². The Hall–Kier alpha value is -2.58. The Kier molecular flexibility index (Phi) is 4.92. The number of aromatic hydroxyl groups is 1. The molecule has 1 saturated carbocycles. The third-order valence-electron chi connectivity index (χ3n) is 7.16. The van der Waals surface area contributed by atoms with Crippen LogP contribution in [0.3, 0.4) is 0 Å². The van der Waals surface area contributed by atoms with E-state index >= 15 is 4.39 Å². The lowest BCUT2D eigenvalue weighted by atomic mass is 9.95. The van der Waals surface area contributed by atoms with Gasteiger partial charge in [-0.3, -0.25) is 9.88 Å². The molecule has 3 aliphatic rings. The fourth-order valence-corrected chi connectivity index (χ4v) is 5.64. The minimum Gasteiger partial charge on any atom is -0.507 e. The van der Waals surface area contributed by atoms with Crippen LogP contribution in [0.2, 0.25) is 5.02 Å². The van der Waals surface area contributed by atoms with E-state index in [2.05, 4.69) is 19.9 Å². The normalized spacial score (nSPS) is 25.0. The standard InChI is InChI=1S/C24H23ClF2N4O2/c25-18-7-19(32)17(6-16(18)13-2-3-13)22-20(27)21-14(9-28-22)10-29-23(30-21)33-12-24-4-1-5-31(24)11-15(26)8-24/h6-7,9-10,13,15,32H,1-5,8,11-12H2/t15-,24+/m1/s1. The smallest absolute Gasteiger partial charge is 0.317 e. The summed E-state index contributed by atoms with van der Waals surface area (Å²) in [6, 6.07) is 3.20. The molecule has 1 aliphatic carbocycles. The summed E-state index contributed by atoms with van der Waals surface area (Å²) < 4.78 is 35.4. The van der Waals surface area contributed by atoms with Crippen molar-refractivity contribution in [1.29, 1.82) is 0 Å². The number of rotatable bonds is 5. The Bertz CT molecular complexity index is 1250. The molecule has 6 nitrogen and oxygen atoms in total. The van der Waals surface area contributed by atoms with Gasteiger partial charge in [0.2, 0.25) is 0 Å². The summed E-state index contributed by atoms with van der Waals surface area (Å²) in [6.07, 6.45) is 6.43. The molecule has 0 amide bonds. The Morgan fingerprint density at radius 3 is 2.88 bits per heavy atom. The number of pyridine rings is 1. The topological polar surface area (TPSA) is 71.4 Å². The fraction of sp³-hybridized carbons (Fsp3) is 0.458. The SMILES string of the molecule is Oc1cc(Cl)c(C2CC2)cc1-c1ncc2cnc(OC[C@@]34CCCN3C[C@H](F)C4)nc2c1F. The summed E-state index contributed by atoms with van der Waals surface area (Å²) in [7, 11) is 0. The number of benzene rings is 1. The van der Waals surface area contributed by atoms with E-state index < -0.39 is 12.0 Å². The maximum Gasteiger partial charge on any atom is 0.317 e. The van der Waals surface area contributed by atoms with Crippen molar-refractivity contribution in [3.05, 3.63) is 40.9 Å². The number of hydrogen-bond acceptors (Lipinski definition) is 6. The lowest BCUT2D eigenvalue weighted by Gasteiger charge is -2.30. The average molecular weight is 473 g/mol. The predicted octanol–water partition coefficient (Wildman–Crippen LogP) is 5.02. The van der Waals surface area contributed by atoms with Gasteiger partial charge in [-0.25, -0.2) is 13.8 Å². The van der Waals surface area contributed by atoms with Gasteiger partial charge in [-0.05, 0) is 55.8 Å². The number of nitrogens with zero attached hydrogens (tertiary/aromatic N) is 4. The number of phenolic OH excluding ortho intramolecular Hbond substituents is 1. The van der Waals surface area contributed by atoms with Gasteiger partial charge in [-0.15, -0.1) is 0 Å². The third-order valence-corrected chi connectivity index (χ3v) is 7.49. The van der Waals surface area contributed by atoms with Gasteiger partial charge in [0.05, 0.1) is 5.54 Å². The van der Waals surface area contributed by atoms with Crippen LogP contribution < -0.4 is 4.74 Å². The Morgan fingerprint density at radius 2 is 2.06 bits per heavy atom. The molecule has 2 atom stereocenters. The van der Waals surface area contributed by atoms with Gasteiger partial charge in [0.15, 0.2) is 5.82 Å². The summed E-state index contributed by atoms with van der Waals surface area (Å²) in [6.45, 7) is 1.56. The first-order chi connectivity index (χ1) is 15.9. The van der Waals surface area contributed by atoms with Crippen molar-refractivity contribution >= 4 is 22.5 Å². The third kappa shape index (κ3) is 3.60. The largest absolute Gasteiger partial charge is 0.507 e. The summed E-state index contributed by atoms with van der Waals surface area (Å²) in [5.74, 6) is -0.468. The van der Waals surface area contributed by atoms with E-state index in [0.717, 1.165) is 37.8 Å². The molecule has 3 aromatic rings. The maximum absolute atomic E-state index is 15.6. The second-order valence-corrected chi connectivity index (χ2v) is 9.81. The highest BCUT2D eigenvalue weighted by Crippen LogP contribution is 2.47. The second kappa shape index (κ2) is 7.74. The van der Waals surface area contributed by atoms with Crippen LogP contribution in [-0.2, 0) is 0 Å². The molecule has 172 valence electrons. The van der Waals surface area contributed by atoms with Gasteiger partial charge < -0.3 is 9.84 Å². The quantitative estimate of drug-likeness (QED) is 0.562. The number of fused-ring (bicyclic) bond motifs is 2. The second-order valence-electron chi connectivity index (χ2n) is 9.41. The van der Waals surface area contributed by atoms with E-state index in [4.69, 9.17) is 16.3 Å². The number of halogens is 3. The van der Waals surface area contributed by atoms with E-state index in [1.807, 2.05) is 0 Å². The molecule has 4 heterocycles. The molecule has 3 fully saturated rings. The number of ether oxygens (including phenoxy) is 1. The van der Waals surface area contributed by atoms with E-state index in [1.54, 1.807) is 6.07 Å². The average Bonchev–Trinajstić information content (AvgIpc) is 3.48. The van der Waals surface area contributed by atoms with Crippen LogP contribution in [0.1, 0.15) is 43.6 Å². The van der Waals surface area contributed by atoms with Gasteiger partial charge in [-0.1, -0.05) is 11.6 Å². The van der Waals surface area contributed by atoms with Gasteiger partial charge in [0.1, 0.15) is 29.7 Å². The van der Waals surface area contributed by atoms with E-state index in [0.29, 0.717) is 29.3 Å². The van der Waals surface area contributed by atoms with Crippen molar-refractivity contribution in [2.24, 2.45) is 0 Å². The number of phenols is 1. The van der Waals surface area contributed by atoms with E-state index in [9.17, 15) is 9.50 Å². The van der Waals surface area contributed by atoms with Crippen LogP contribution in [0.25, 0.3) is 22.2 Å². The molecule has 0 spiro atoms. The first-order valence-electron chi connectivity index (χ1n) is 11.3.